The summed E-state index contributed by atoms with van der Waals surface area (Å²) >= 11 is 2.00. The third-order valence-corrected chi connectivity index (χ3v) is 5.84. The molecule has 2 aromatic rings. The molecule has 4 rings (SSSR count). The molecule has 2 fully saturated rings. The van der Waals surface area contributed by atoms with Crippen LogP contribution < -0.4 is 5.73 Å². The van der Waals surface area contributed by atoms with Crippen LogP contribution in [0.4, 0.5) is 0 Å². The summed E-state index contributed by atoms with van der Waals surface area (Å²) in [6.07, 6.45) is 3.04. The first-order chi connectivity index (χ1) is 11.3. The monoisotopic (exact) mass is 330 g/mol. The lowest BCUT2D eigenvalue weighted by molar-refractivity contribution is 0.201. The van der Waals surface area contributed by atoms with Crippen LogP contribution in [0.2, 0.25) is 0 Å². The Bertz CT molecular complexity index is 650. The molecule has 6 heteroatoms. The SMILES string of the molecule is NC1(c2noc(C(c3ccccc3)N3CCSCC3)n2)CCC1. The van der Waals surface area contributed by atoms with Crippen molar-refractivity contribution in [3.8, 4) is 0 Å². The molecular formula is C17H22N4OS. The number of hydrogen-bond acceptors (Lipinski definition) is 6. The zero-order valence-corrected chi connectivity index (χ0v) is 14.0. The van der Waals surface area contributed by atoms with Gasteiger partial charge < -0.3 is 10.3 Å². The van der Waals surface area contributed by atoms with Gasteiger partial charge in [0.1, 0.15) is 6.04 Å². The molecule has 1 saturated carbocycles. The Hall–Kier alpha value is -1.37. The minimum atomic E-state index is -0.374. The van der Waals surface area contributed by atoms with E-state index in [-0.39, 0.29) is 11.6 Å². The zero-order valence-electron chi connectivity index (χ0n) is 13.1. The van der Waals surface area contributed by atoms with Crippen molar-refractivity contribution in [1.29, 1.82) is 0 Å². The lowest BCUT2D eigenvalue weighted by atomic mass is 9.77. The zero-order chi connectivity index (χ0) is 15.7. The van der Waals surface area contributed by atoms with Crippen LogP contribution in [-0.2, 0) is 5.54 Å². The average molecular weight is 330 g/mol. The highest BCUT2D eigenvalue weighted by Crippen LogP contribution is 2.38. The summed E-state index contributed by atoms with van der Waals surface area (Å²) in [5.74, 6) is 3.64. The van der Waals surface area contributed by atoms with Gasteiger partial charge in [-0.25, -0.2) is 0 Å². The molecule has 0 spiro atoms. The lowest BCUT2D eigenvalue weighted by Gasteiger charge is -2.34. The predicted molar refractivity (Wildman–Crippen MR) is 91.2 cm³/mol. The lowest BCUT2D eigenvalue weighted by Crippen LogP contribution is -2.44. The van der Waals surface area contributed by atoms with Crippen LogP contribution in [0.5, 0.6) is 0 Å². The molecule has 0 bridgehead atoms. The second-order valence-corrected chi connectivity index (χ2v) is 7.65. The number of rotatable bonds is 4. The first-order valence-electron chi connectivity index (χ1n) is 8.26. The van der Waals surface area contributed by atoms with E-state index < -0.39 is 0 Å². The number of thioether (sulfide) groups is 1. The van der Waals surface area contributed by atoms with Gasteiger partial charge in [-0.1, -0.05) is 35.5 Å². The van der Waals surface area contributed by atoms with E-state index in [9.17, 15) is 0 Å². The Morgan fingerprint density at radius 3 is 2.57 bits per heavy atom. The molecule has 1 aliphatic carbocycles. The molecule has 1 aromatic heterocycles. The highest BCUT2D eigenvalue weighted by atomic mass is 32.2. The van der Waals surface area contributed by atoms with Crippen molar-refractivity contribution < 1.29 is 4.52 Å². The number of nitrogens with zero attached hydrogens (tertiary/aromatic N) is 3. The normalized spacial score (nSPS) is 22.5. The number of hydrogen-bond donors (Lipinski definition) is 1. The number of aromatic nitrogens is 2. The summed E-state index contributed by atoms with van der Waals surface area (Å²) in [6.45, 7) is 2.07. The van der Waals surface area contributed by atoms with Crippen molar-refractivity contribution in [2.24, 2.45) is 5.73 Å². The Morgan fingerprint density at radius 1 is 1.17 bits per heavy atom. The van der Waals surface area contributed by atoms with E-state index in [0.717, 1.165) is 43.9 Å². The summed E-state index contributed by atoms with van der Waals surface area (Å²) in [4.78, 5) is 7.14. The molecule has 122 valence electrons. The van der Waals surface area contributed by atoms with E-state index in [2.05, 4.69) is 34.3 Å². The first-order valence-corrected chi connectivity index (χ1v) is 9.41. The fourth-order valence-electron chi connectivity index (χ4n) is 3.31. The van der Waals surface area contributed by atoms with Gasteiger partial charge in [0.2, 0.25) is 5.89 Å². The van der Waals surface area contributed by atoms with E-state index in [1.807, 2.05) is 17.8 Å². The van der Waals surface area contributed by atoms with E-state index in [0.29, 0.717) is 11.7 Å². The van der Waals surface area contributed by atoms with Crippen LogP contribution in [0.15, 0.2) is 34.9 Å². The van der Waals surface area contributed by atoms with Gasteiger partial charge in [0.15, 0.2) is 5.82 Å². The van der Waals surface area contributed by atoms with Gasteiger partial charge in [-0.2, -0.15) is 16.7 Å². The summed E-state index contributed by atoms with van der Waals surface area (Å²) < 4.78 is 5.67. The van der Waals surface area contributed by atoms with Crippen LogP contribution in [0.3, 0.4) is 0 Å². The van der Waals surface area contributed by atoms with Gasteiger partial charge >= 0.3 is 0 Å². The first kappa shape index (κ1) is 15.2. The molecule has 2 heterocycles. The maximum absolute atomic E-state index is 6.35. The Balaban J connectivity index is 1.67. The third kappa shape index (κ3) is 2.91. The molecule has 2 N–H and O–H groups in total. The van der Waals surface area contributed by atoms with Gasteiger partial charge in [-0.15, -0.1) is 0 Å². The van der Waals surface area contributed by atoms with Crippen LogP contribution in [-0.4, -0.2) is 39.6 Å². The summed E-state index contributed by atoms with van der Waals surface area (Å²) in [6, 6.07) is 10.5. The fraction of sp³-hybridized carbons (Fsp3) is 0.529. The third-order valence-electron chi connectivity index (χ3n) is 4.89. The van der Waals surface area contributed by atoms with Gasteiger partial charge in [0.25, 0.3) is 0 Å². The molecule has 0 amide bonds. The van der Waals surface area contributed by atoms with E-state index in [1.165, 1.54) is 5.56 Å². The van der Waals surface area contributed by atoms with Crippen LogP contribution in [0, 0.1) is 0 Å². The quantitative estimate of drug-likeness (QED) is 0.929. The Kier molecular flexibility index (Phi) is 4.13. The number of benzene rings is 1. The van der Waals surface area contributed by atoms with Crippen molar-refractivity contribution in [3.05, 3.63) is 47.6 Å². The fourth-order valence-corrected chi connectivity index (χ4v) is 4.24. The molecular weight excluding hydrogens is 308 g/mol. The maximum Gasteiger partial charge on any atom is 0.248 e. The summed E-state index contributed by atoms with van der Waals surface area (Å²) in [5.41, 5.74) is 7.18. The topological polar surface area (TPSA) is 68.2 Å². The molecule has 0 radical (unpaired) electrons. The van der Waals surface area contributed by atoms with Crippen LogP contribution >= 0.6 is 11.8 Å². The molecule has 1 saturated heterocycles. The molecule has 1 atom stereocenters. The highest BCUT2D eigenvalue weighted by Gasteiger charge is 2.40. The van der Waals surface area contributed by atoms with Gasteiger partial charge in [-0.3, -0.25) is 4.90 Å². The average Bonchev–Trinajstić information content (AvgIpc) is 3.05. The van der Waals surface area contributed by atoms with Crippen molar-refractivity contribution >= 4 is 11.8 Å². The molecule has 1 aromatic carbocycles. The van der Waals surface area contributed by atoms with Crippen molar-refractivity contribution in [1.82, 2.24) is 15.0 Å². The van der Waals surface area contributed by atoms with Crippen molar-refractivity contribution in [3.63, 3.8) is 0 Å². The van der Waals surface area contributed by atoms with E-state index in [1.54, 1.807) is 0 Å². The van der Waals surface area contributed by atoms with Gasteiger partial charge in [0, 0.05) is 24.6 Å². The molecule has 2 aliphatic rings. The predicted octanol–water partition coefficient (Wildman–Crippen LogP) is 2.55. The standard InChI is InChI=1S/C17H22N4OS/c18-17(7-4-8-17)16-19-15(22-20-16)14(13-5-2-1-3-6-13)21-9-11-23-12-10-21/h1-3,5-6,14H,4,7-12,18H2. The molecule has 5 nitrogen and oxygen atoms in total. The Morgan fingerprint density at radius 2 is 1.91 bits per heavy atom. The second-order valence-electron chi connectivity index (χ2n) is 6.43. The van der Waals surface area contributed by atoms with E-state index >= 15 is 0 Å². The smallest absolute Gasteiger partial charge is 0.248 e. The second kappa shape index (κ2) is 6.26. The minimum Gasteiger partial charge on any atom is -0.337 e. The molecule has 1 unspecified atom stereocenters. The van der Waals surface area contributed by atoms with E-state index in [4.69, 9.17) is 15.2 Å². The van der Waals surface area contributed by atoms with Crippen LogP contribution in [0.25, 0.3) is 0 Å². The Labute approximate surface area is 140 Å². The van der Waals surface area contributed by atoms with Gasteiger partial charge in [0.05, 0.1) is 5.54 Å². The molecule has 1 aliphatic heterocycles. The van der Waals surface area contributed by atoms with Crippen molar-refractivity contribution in [2.75, 3.05) is 24.6 Å². The molecule has 23 heavy (non-hydrogen) atoms. The maximum atomic E-state index is 6.35. The van der Waals surface area contributed by atoms with Crippen molar-refractivity contribution in [2.45, 2.75) is 30.8 Å². The minimum absolute atomic E-state index is 0.0297. The number of nitrogens with two attached hydrogens (primary N) is 1. The summed E-state index contributed by atoms with van der Waals surface area (Å²) in [7, 11) is 0. The largest absolute Gasteiger partial charge is 0.337 e. The van der Waals surface area contributed by atoms with Crippen LogP contribution in [0.1, 0.15) is 42.6 Å². The van der Waals surface area contributed by atoms with Gasteiger partial charge in [-0.05, 0) is 24.8 Å². The summed E-state index contributed by atoms with van der Waals surface area (Å²) in [5, 5.41) is 4.21. The highest BCUT2D eigenvalue weighted by molar-refractivity contribution is 7.99.